The van der Waals surface area contributed by atoms with Gasteiger partial charge >= 0.3 is 0 Å². The van der Waals surface area contributed by atoms with E-state index in [-0.39, 0.29) is 24.8 Å². The molecule has 0 bridgehead atoms. The van der Waals surface area contributed by atoms with Crippen LogP contribution in [-0.2, 0) is 22.6 Å². The molecule has 2 aromatic carbocycles. The molecule has 0 radical (unpaired) electrons. The molecular weight excluding hydrogens is 419 g/mol. The lowest BCUT2D eigenvalue weighted by molar-refractivity contribution is -0.140. The second kappa shape index (κ2) is 10.7. The highest BCUT2D eigenvalue weighted by molar-refractivity contribution is 6.36. The third kappa shape index (κ3) is 5.87. The molecule has 0 saturated carbocycles. The maximum Gasteiger partial charge on any atom is 0.242 e. The second-order valence-electron chi connectivity index (χ2n) is 6.46. The van der Waals surface area contributed by atoms with Crippen LogP contribution in [0.3, 0.4) is 0 Å². The van der Waals surface area contributed by atoms with E-state index >= 15 is 0 Å². The molecule has 0 aliphatic heterocycles. The standard InChI is InChI=1S/C21H23Cl3N2O2/c1-3-11-25-21(28)14(2)26(13-16-18(23)9-6-10-19(16)24)20(27)12-15-7-4-5-8-17(15)22/h4-10,14H,3,11-13H2,1-2H3,(H,25,28)/t14-/m1/s1. The Morgan fingerprint density at radius 2 is 1.61 bits per heavy atom. The van der Waals surface area contributed by atoms with Crippen LogP contribution < -0.4 is 5.32 Å². The van der Waals surface area contributed by atoms with Gasteiger partial charge in [0.25, 0.3) is 0 Å². The van der Waals surface area contributed by atoms with E-state index in [1.807, 2.05) is 13.0 Å². The van der Waals surface area contributed by atoms with Crippen molar-refractivity contribution < 1.29 is 9.59 Å². The first-order valence-electron chi connectivity index (χ1n) is 9.08. The van der Waals surface area contributed by atoms with Crippen LogP contribution in [0.5, 0.6) is 0 Å². The summed E-state index contributed by atoms with van der Waals surface area (Å²) in [7, 11) is 0. The Balaban J connectivity index is 2.30. The molecule has 1 N–H and O–H groups in total. The van der Waals surface area contributed by atoms with Gasteiger partial charge in [-0.1, -0.05) is 66.0 Å². The number of benzene rings is 2. The molecule has 28 heavy (non-hydrogen) atoms. The molecule has 0 spiro atoms. The summed E-state index contributed by atoms with van der Waals surface area (Å²) in [5.41, 5.74) is 1.30. The SMILES string of the molecule is CCCNC(=O)[C@@H](C)N(Cc1c(Cl)cccc1Cl)C(=O)Cc1ccccc1Cl. The van der Waals surface area contributed by atoms with E-state index in [1.54, 1.807) is 43.3 Å². The smallest absolute Gasteiger partial charge is 0.242 e. The Hall–Kier alpha value is -1.75. The van der Waals surface area contributed by atoms with Gasteiger partial charge in [-0.05, 0) is 37.1 Å². The van der Waals surface area contributed by atoms with Crippen LogP contribution in [-0.4, -0.2) is 29.3 Å². The number of hydrogen-bond acceptors (Lipinski definition) is 2. The summed E-state index contributed by atoms with van der Waals surface area (Å²) in [5.74, 6) is -0.458. The highest BCUT2D eigenvalue weighted by Crippen LogP contribution is 2.27. The highest BCUT2D eigenvalue weighted by atomic mass is 35.5. The largest absolute Gasteiger partial charge is 0.354 e. The van der Waals surface area contributed by atoms with Gasteiger partial charge in [-0.3, -0.25) is 9.59 Å². The number of carbonyl (C=O) groups excluding carboxylic acids is 2. The first-order chi connectivity index (χ1) is 13.3. The number of nitrogens with one attached hydrogen (secondary N) is 1. The van der Waals surface area contributed by atoms with E-state index in [2.05, 4.69) is 5.32 Å². The van der Waals surface area contributed by atoms with Crippen LogP contribution in [0.25, 0.3) is 0 Å². The third-order valence-corrected chi connectivity index (χ3v) is 5.48. The number of nitrogens with zero attached hydrogens (tertiary/aromatic N) is 1. The molecular formula is C21H23Cl3N2O2. The van der Waals surface area contributed by atoms with Gasteiger partial charge in [-0.2, -0.15) is 0 Å². The van der Waals surface area contributed by atoms with E-state index in [0.29, 0.717) is 32.7 Å². The minimum Gasteiger partial charge on any atom is -0.354 e. The molecule has 4 nitrogen and oxygen atoms in total. The molecule has 0 fully saturated rings. The molecule has 7 heteroatoms. The van der Waals surface area contributed by atoms with Crippen molar-refractivity contribution in [1.82, 2.24) is 10.2 Å². The lowest BCUT2D eigenvalue weighted by Crippen LogP contribution is -2.48. The van der Waals surface area contributed by atoms with Crippen molar-refractivity contribution in [2.24, 2.45) is 0 Å². The van der Waals surface area contributed by atoms with Crippen LogP contribution >= 0.6 is 34.8 Å². The Bertz CT molecular complexity index is 822. The average molecular weight is 442 g/mol. The van der Waals surface area contributed by atoms with Crippen molar-refractivity contribution in [1.29, 1.82) is 0 Å². The number of halogens is 3. The molecule has 0 heterocycles. The van der Waals surface area contributed by atoms with Crippen molar-refractivity contribution in [2.75, 3.05) is 6.54 Å². The van der Waals surface area contributed by atoms with Crippen molar-refractivity contribution in [3.05, 3.63) is 68.7 Å². The lowest BCUT2D eigenvalue weighted by atomic mass is 10.1. The summed E-state index contributed by atoms with van der Waals surface area (Å²) < 4.78 is 0. The number of amides is 2. The quantitative estimate of drug-likeness (QED) is 0.617. The Labute approximate surface area is 180 Å². The van der Waals surface area contributed by atoms with E-state index in [4.69, 9.17) is 34.8 Å². The van der Waals surface area contributed by atoms with Gasteiger partial charge in [0.05, 0.1) is 6.42 Å². The fourth-order valence-corrected chi connectivity index (χ4v) is 3.46. The predicted molar refractivity (Wildman–Crippen MR) is 115 cm³/mol. The van der Waals surface area contributed by atoms with E-state index < -0.39 is 6.04 Å². The normalized spacial score (nSPS) is 11.8. The van der Waals surface area contributed by atoms with E-state index in [1.165, 1.54) is 4.90 Å². The predicted octanol–water partition coefficient (Wildman–Crippen LogP) is 5.13. The molecule has 0 aliphatic rings. The summed E-state index contributed by atoms with van der Waals surface area (Å²) in [6.07, 6.45) is 0.884. The highest BCUT2D eigenvalue weighted by Gasteiger charge is 2.27. The molecule has 2 rings (SSSR count). The van der Waals surface area contributed by atoms with Gasteiger partial charge < -0.3 is 10.2 Å². The first kappa shape index (κ1) is 22.5. The van der Waals surface area contributed by atoms with Gasteiger partial charge in [-0.25, -0.2) is 0 Å². The summed E-state index contributed by atoms with van der Waals surface area (Å²) in [6.45, 7) is 4.33. The van der Waals surface area contributed by atoms with E-state index in [0.717, 1.165) is 6.42 Å². The maximum atomic E-state index is 13.1. The van der Waals surface area contributed by atoms with Gasteiger partial charge in [0.1, 0.15) is 6.04 Å². The van der Waals surface area contributed by atoms with Crippen molar-refractivity contribution in [3.63, 3.8) is 0 Å². The summed E-state index contributed by atoms with van der Waals surface area (Å²) in [4.78, 5) is 27.1. The van der Waals surface area contributed by atoms with Crippen molar-refractivity contribution in [2.45, 2.75) is 39.3 Å². The van der Waals surface area contributed by atoms with E-state index in [9.17, 15) is 9.59 Å². The Kier molecular flexibility index (Phi) is 8.61. The molecule has 2 amide bonds. The zero-order chi connectivity index (χ0) is 20.7. The van der Waals surface area contributed by atoms with Crippen LogP contribution in [0, 0.1) is 0 Å². The van der Waals surface area contributed by atoms with Gasteiger partial charge in [0, 0.05) is 33.7 Å². The summed E-state index contributed by atoms with van der Waals surface area (Å²) >= 11 is 18.8. The molecule has 150 valence electrons. The van der Waals surface area contributed by atoms with Crippen LogP contribution in [0.4, 0.5) is 0 Å². The second-order valence-corrected chi connectivity index (χ2v) is 7.68. The lowest BCUT2D eigenvalue weighted by Gasteiger charge is -2.29. The fourth-order valence-electron chi connectivity index (χ4n) is 2.74. The monoisotopic (exact) mass is 440 g/mol. The van der Waals surface area contributed by atoms with Gasteiger partial charge in [-0.15, -0.1) is 0 Å². The minimum atomic E-state index is -0.686. The van der Waals surface area contributed by atoms with Crippen molar-refractivity contribution >= 4 is 46.6 Å². The molecule has 0 unspecified atom stereocenters. The molecule has 1 atom stereocenters. The topological polar surface area (TPSA) is 49.4 Å². The van der Waals surface area contributed by atoms with Crippen LogP contribution in [0.15, 0.2) is 42.5 Å². The summed E-state index contributed by atoms with van der Waals surface area (Å²) in [6, 6.07) is 11.6. The third-order valence-electron chi connectivity index (χ3n) is 4.41. The van der Waals surface area contributed by atoms with Gasteiger partial charge in [0.15, 0.2) is 0 Å². The van der Waals surface area contributed by atoms with Gasteiger partial charge in [0.2, 0.25) is 11.8 Å². The molecule has 2 aromatic rings. The maximum absolute atomic E-state index is 13.1. The molecule has 0 saturated heterocycles. The Morgan fingerprint density at radius 3 is 2.21 bits per heavy atom. The fraction of sp³-hybridized carbons (Fsp3) is 0.333. The minimum absolute atomic E-state index is 0.0765. The molecule has 0 aliphatic carbocycles. The first-order valence-corrected chi connectivity index (χ1v) is 10.2. The zero-order valence-corrected chi connectivity index (χ0v) is 18.1. The van der Waals surface area contributed by atoms with Crippen molar-refractivity contribution in [3.8, 4) is 0 Å². The molecule has 0 aromatic heterocycles. The number of carbonyl (C=O) groups is 2. The zero-order valence-electron chi connectivity index (χ0n) is 15.8. The average Bonchev–Trinajstić information content (AvgIpc) is 2.67. The van der Waals surface area contributed by atoms with Crippen LogP contribution in [0.1, 0.15) is 31.4 Å². The number of hydrogen-bond donors (Lipinski definition) is 1. The Morgan fingerprint density at radius 1 is 1.00 bits per heavy atom. The number of rotatable bonds is 8. The van der Waals surface area contributed by atoms with Crippen LogP contribution in [0.2, 0.25) is 15.1 Å². The summed E-state index contributed by atoms with van der Waals surface area (Å²) in [5, 5.41) is 4.24.